The molecule has 1 unspecified atom stereocenters. The fraction of sp³-hybridized carbons (Fsp3) is 0.222. The van der Waals surface area contributed by atoms with E-state index in [1.807, 2.05) is 0 Å². The van der Waals surface area contributed by atoms with Crippen LogP contribution in [0.15, 0.2) is 36.4 Å². The summed E-state index contributed by atoms with van der Waals surface area (Å²) in [6, 6.07) is 8.84. The third kappa shape index (κ3) is 3.91. The smallest absolute Gasteiger partial charge is 0.338 e. The van der Waals surface area contributed by atoms with Gasteiger partial charge < -0.3 is 14.8 Å². The standard InChI is InChI=1S/C18H15ClFNO4/c1-10(17(22)21-15-4-3-13(19)9-14(15)20)25-18(23)12-2-5-16-11(8-12)6-7-24-16/h2-5,8-10H,6-7H2,1H3,(H,21,22). The zero-order valence-electron chi connectivity index (χ0n) is 13.3. The third-order valence-corrected chi connectivity index (χ3v) is 4.00. The molecule has 0 spiro atoms. The number of hydrogen-bond donors (Lipinski definition) is 1. The Balaban J connectivity index is 1.63. The van der Waals surface area contributed by atoms with Gasteiger partial charge in [0.05, 0.1) is 17.9 Å². The lowest BCUT2D eigenvalue weighted by Crippen LogP contribution is -2.30. The molecule has 0 aliphatic carbocycles. The second-order valence-electron chi connectivity index (χ2n) is 5.58. The van der Waals surface area contributed by atoms with E-state index in [0.29, 0.717) is 12.2 Å². The number of rotatable bonds is 4. The number of halogens is 2. The van der Waals surface area contributed by atoms with Crippen LogP contribution in [-0.2, 0) is 16.0 Å². The Morgan fingerprint density at radius 3 is 2.84 bits per heavy atom. The molecule has 1 amide bonds. The number of fused-ring (bicyclic) bond motifs is 1. The molecule has 0 fully saturated rings. The first kappa shape index (κ1) is 17.2. The normalized spacial score (nSPS) is 13.6. The van der Waals surface area contributed by atoms with Crippen LogP contribution in [0.2, 0.25) is 5.02 Å². The Bertz CT molecular complexity index is 840. The van der Waals surface area contributed by atoms with E-state index in [-0.39, 0.29) is 10.7 Å². The van der Waals surface area contributed by atoms with Gasteiger partial charge in [-0.25, -0.2) is 9.18 Å². The monoisotopic (exact) mass is 363 g/mol. The zero-order chi connectivity index (χ0) is 18.0. The average molecular weight is 364 g/mol. The van der Waals surface area contributed by atoms with Crippen LogP contribution in [-0.4, -0.2) is 24.6 Å². The SMILES string of the molecule is CC(OC(=O)c1ccc2c(c1)CCO2)C(=O)Nc1ccc(Cl)cc1F. The molecule has 2 aromatic rings. The summed E-state index contributed by atoms with van der Waals surface area (Å²) in [6.45, 7) is 2.00. The lowest BCUT2D eigenvalue weighted by atomic mass is 10.1. The predicted octanol–water partition coefficient (Wildman–Crippen LogP) is 3.60. The molecule has 0 radical (unpaired) electrons. The van der Waals surface area contributed by atoms with Crippen molar-refractivity contribution < 1.29 is 23.5 Å². The van der Waals surface area contributed by atoms with Crippen molar-refractivity contribution >= 4 is 29.2 Å². The molecular weight excluding hydrogens is 349 g/mol. The molecule has 2 aromatic carbocycles. The molecule has 130 valence electrons. The fourth-order valence-electron chi connectivity index (χ4n) is 2.42. The van der Waals surface area contributed by atoms with E-state index < -0.39 is 23.8 Å². The second kappa shape index (κ2) is 7.11. The van der Waals surface area contributed by atoms with Crippen LogP contribution in [0, 0.1) is 5.82 Å². The fourth-order valence-corrected chi connectivity index (χ4v) is 2.58. The lowest BCUT2D eigenvalue weighted by Gasteiger charge is -2.14. The number of anilines is 1. The molecule has 0 saturated carbocycles. The minimum atomic E-state index is -1.09. The highest BCUT2D eigenvalue weighted by atomic mass is 35.5. The van der Waals surface area contributed by atoms with Gasteiger partial charge in [-0.1, -0.05) is 11.6 Å². The number of esters is 1. The van der Waals surface area contributed by atoms with Crippen LogP contribution >= 0.6 is 11.6 Å². The number of amides is 1. The van der Waals surface area contributed by atoms with Crippen LogP contribution < -0.4 is 10.1 Å². The highest BCUT2D eigenvalue weighted by Crippen LogP contribution is 2.26. The Morgan fingerprint density at radius 2 is 2.08 bits per heavy atom. The number of carbonyl (C=O) groups is 2. The molecule has 7 heteroatoms. The molecule has 3 rings (SSSR count). The predicted molar refractivity (Wildman–Crippen MR) is 90.6 cm³/mol. The van der Waals surface area contributed by atoms with E-state index in [1.165, 1.54) is 19.1 Å². The van der Waals surface area contributed by atoms with Gasteiger partial charge in [0.15, 0.2) is 6.10 Å². The molecule has 1 atom stereocenters. The minimum Gasteiger partial charge on any atom is -0.493 e. The first-order chi connectivity index (χ1) is 11.9. The summed E-state index contributed by atoms with van der Waals surface area (Å²) in [5, 5.41) is 2.58. The lowest BCUT2D eigenvalue weighted by molar-refractivity contribution is -0.123. The molecule has 1 N–H and O–H groups in total. The van der Waals surface area contributed by atoms with E-state index in [2.05, 4.69) is 5.32 Å². The van der Waals surface area contributed by atoms with Gasteiger partial charge >= 0.3 is 5.97 Å². The van der Waals surface area contributed by atoms with Crippen LogP contribution in [0.3, 0.4) is 0 Å². The second-order valence-corrected chi connectivity index (χ2v) is 6.02. The summed E-state index contributed by atoms with van der Waals surface area (Å²) >= 11 is 5.66. The largest absolute Gasteiger partial charge is 0.493 e. The molecule has 0 aromatic heterocycles. The molecule has 1 aliphatic heterocycles. The molecule has 1 aliphatic rings. The number of benzene rings is 2. The molecule has 1 heterocycles. The quantitative estimate of drug-likeness (QED) is 0.843. The van der Waals surface area contributed by atoms with Crippen molar-refractivity contribution in [2.45, 2.75) is 19.4 Å². The van der Waals surface area contributed by atoms with E-state index in [4.69, 9.17) is 21.1 Å². The zero-order valence-corrected chi connectivity index (χ0v) is 14.1. The van der Waals surface area contributed by atoms with Gasteiger partial charge in [0.25, 0.3) is 5.91 Å². The number of nitrogens with one attached hydrogen (secondary N) is 1. The van der Waals surface area contributed by atoms with Crippen molar-refractivity contribution in [3.63, 3.8) is 0 Å². The molecule has 0 saturated heterocycles. The summed E-state index contributed by atoms with van der Waals surface area (Å²) in [7, 11) is 0. The molecule has 25 heavy (non-hydrogen) atoms. The Labute approximate surface area is 148 Å². The van der Waals surface area contributed by atoms with Crippen molar-refractivity contribution in [1.82, 2.24) is 0 Å². The van der Waals surface area contributed by atoms with Crippen molar-refractivity contribution in [1.29, 1.82) is 0 Å². The topological polar surface area (TPSA) is 64.6 Å². The summed E-state index contributed by atoms with van der Waals surface area (Å²) in [5.41, 5.74) is 1.23. The Kier molecular flexibility index (Phi) is 4.90. The van der Waals surface area contributed by atoms with Gasteiger partial charge in [-0.2, -0.15) is 0 Å². The number of ether oxygens (including phenoxy) is 2. The third-order valence-electron chi connectivity index (χ3n) is 3.77. The summed E-state index contributed by atoms with van der Waals surface area (Å²) in [6.07, 6.45) is -0.366. The van der Waals surface area contributed by atoms with Crippen molar-refractivity contribution in [3.05, 3.63) is 58.4 Å². The summed E-state index contributed by atoms with van der Waals surface area (Å²) in [4.78, 5) is 24.3. The number of hydrogen-bond acceptors (Lipinski definition) is 4. The van der Waals surface area contributed by atoms with Crippen molar-refractivity contribution in [2.24, 2.45) is 0 Å². The highest BCUT2D eigenvalue weighted by molar-refractivity contribution is 6.30. The summed E-state index contributed by atoms with van der Waals surface area (Å²) < 4.78 is 24.2. The maximum Gasteiger partial charge on any atom is 0.338 e. The molecule has 0 bridgehead atoms. The van der Waals surface area contributed by atoms with Crippen molar-refractivity contribution in [2.75, 3.05) is 11.9 Å². The maximum atomic E-state index is 13.7. The van der Waals surface area contributed by atoms with E-state index >= 15 is 0 Å². The van der Waals surface area contributed by atoms with Gasteiger partial charge in [0.1, 0.15) is 11.6 Å². The summed E-state index contributed by atoms with van der Waals surface area (Å²) in [5.74, 6) is -1.19. The Hall–Kier alpha value is -2.60. The van der Waals surface area contributed by atoms with Gasteiger partial charge in [0.2, 0.25) is 0 Å². The van der Waals surface area contributed by atoms with Crippen LogP contribution in [0.1, 0.15) is 22.8 Å². The van der Waals surface area contributed by atoms with E-state index in [1.54, 1.807) is 18.2 Å². The van der Waals surface area contributed by atoms with Gasteiger partial charge in [-0.15, -0.1) is 0 Å². The van der Waals surface area contributed by atoms with Gasteiger partial charge in [0, 0.05) is 11.4 Å². The van der Waals surface area contributed by atoms with E-state index in [9.17, 15) is 14.0 Å². The first-order valence-corrected chi connectivity index (χ1v) is 8.04. The highest BCUT2D eigenvalue weighted by Gasteiger charge is 2.22. The van der Waals surface area contributed by atoms with E-state index in [0.717, 1.165) is 23.8 Å². The molecular formula is C18H15ClFNO4. The Morgan fingerprint density at radius 1 is 1.28 bits per heavy atom. The molecule has 5 nitrogen and oxygen atoms in total. The number of carbonyl (C=O) groups excluding carboxylic acids is 2. The first-order valence-electron chi connectivity index (χ1n) is 7.66. The van der Waals surface area contributed by atoms with Crippen molar-refractivity contribution in [3.8, 4) is 5.75 Å². The van der Waals surface area contributed by atoms with Gasteiger partial charge in [-0.3, -0.25) is 4.79 Å². The van der Waals surface area contributed by atoms with Crippen LogP contribution in [0.25, 0.3) is 0 Å². The van der Waals surface area contributed by atoms with Gasteiger partial charge in [-0.05, 0) is 48.9 Å². The average Bonchev–Trinajstić information content (AvgIpc) is 3.04. The maximum absolute atomic E-state index is 13.7. The minimum absolute atomic E-state index is 0.0352. The van der Waals surface area contributed by atoms with Crippen LogP contribution in [0.5, 0.6) is 5.75 Å². The van der Waals surface area contributed by atoms with Crippen LogP contribution in [0.4, 0.5) is 10.1 Å².